The van der Waals surface area contributed by atoms with E-state index >= 15 is 0 Å². The fourth-order valence-electron chi connectivity index (χ4n) is 3.63. The molecule has 2 N–H and O–H groups in total. The van der Waals surface area contributed by atoms with Crippen molar-refractivity contribution in [2.75, 3.05) is 5.32 Å². The number of nitrogens with one attached hydrogen (secondary N) is 1. The lowest BCUT2D eigenvalue weighted by Gasteiger charge is -2.37. The topological polar surface area (TPSA) is 92.4 Å². The van der Waals surface area contributed by atoms with Gasteiger partial charge in [0, 0.05) is 23.6 Å². The molecule has 3 aromatic rings. The van der Waals surface area contributed by atoms with Crippen LogP contribution in [0.5, 0.6) is 0 Å². The van der Waals surface area contributed by atoms with Crippen molar-refractivity contribution in [3.63, 3.8) is 0 Å². The van der Waals surface area contributed by atoms with Crippen molar-refractivity contribution in [3.8, 4) is 0 Å². The summed E-state index contributed by atoms with van der Waals surface area (Å²) in [4.78, 5) is 24.5. The van der Waals surface area contributed by atoms with Gasteiger partial charge in [0.15, 0.2) is 0 Å². The molecule has 0 radical (unpaired) electrons. The highest BCUT2D eigenvalue weighted by Crippen LogP contribution is 2.44. The maximum atomic E-state index is 14.0. The average Bonchev–Trinajstić information content (AvgIpc) is 2.72. The van der Waals surface area contributed by atoms with Gasteiger partial charge in [-0.2, -0.15) is 13.2 Å². The number of benzene rings is 2. The zero-order valence-corrected chi connectivity index (χ0v) is 19.6. The number of aryl methyl sites for hydroxylation is 1. The van der Waals surface area contributed by atoms with Gasteiger partial charge < -0.3 is 14.9 Å². The number of hydrogen-bond donors (Lipinski definition) is 2. The van der Waals surface area contributed by atoms with Gasteiger partial charge >= 0.3 is 11.8 Å². The summed E-state index contributed by atoms with van der Waals surface area (Å²) in [6.45, 7) is 3.90. The van der Waals surface area contributed by atoms with E-state index < -0.39 is 46.8 Å². The zero-order valence-electron chi connectivity index (χ0n) is 18.0. The molecule has 0 saturated heterocycles. The Hall–Kier alpha value is -2.86. The number of alkyl halides is 3. The average molecular weight is 549 g/mol. The Morgan fingerprint density at radius 1 is 1.15 bits per heavy atom. The van der Waals surface area contributed by atoms with E-state index in [2.05, 4.69) is 25.6 Å². The molecule has 182 valence electrons. The van der Waals surface area contributed by atoms with E-state index in [9.17, 15) is 36.6 Å². The van der Waals surface area contributed by atoms with E-state index in [1.807, 2.05) is 5.32 Å². The van der Waals surface area contributed by atoms with Crippen molar-refractivity contribution in [1.29, 1.82) is 0 Å². The van der Waals surface area contributed by atoms with Gasteiger partial charge in [0.1, 0.15) is 11.6 Å². The van der Waals surface area contributed by atoms with Crippen LogP contribution in [-0.4, -0.2) is 27.9 Å². The first-order valence-corrected chi connectivity index (χ1v) is 10.5. The maximum absolute atomic E-state index is 14.0. The van der Waals surface area contributed by atoms with E-state index in [0.717, 1.165) is 12.1 Å². The summed E-state index contributed by atoms with van der Waals surface area (Å²) < 4.78 is 74.0. The third kappa shape index (κ3) is 4.69. The molecule has 0 aliphatic rings. The first kappa shape index (κ1) is 25.8. The molecule has 1 heterocycles. The number of anilines is 1. The first-order valence-electron chi connectivity index (χ1n) is 9.73. The molecular weight excluding hydrogens is 531 g/mol. The number of aliphatic hydroxyl groups is 1. The number of carbonyl (C=O) groups excluding carboxylic acids is 1. The van der Waals surface area contributed by atoms with E-state index in [1.54, 1.807) is 0 Å². The molecule has 0 aliphatic carbocycles. The summed E-state index contributed by atoms with van der Waals surface area (Å²) >= 11 is 2.89. The van der Waals surface area contributed by atoms with Crippen LogP contribution >= 0.6 is 15.9 Å². The van der Waals surface area contributed by atoms with E-state index in [0.29, 0.717) is 6.07 Å². The number of amides is 1. The van der Waals surface area contributed by atoms with Gasteiger partial charge in [0.05, 0.1) is 15.6 Å². The normalized spacial score (nSPS) is 14.2. The maximum Gasteiger partial charge on any atom is 0.426 e. The van der Waals surface area contributed by atoms with Crippen molar-refractivity contribution in [2.24, 2.45) is 0 Å². The van der Waals surface area contributed by atoms with Crippen LogP contribution < -0.4 is 10.9 Å². The third-order valence-corrected chi connectivity index (χ3v) is 6.22. The number of rotatable bonds is 5. The Bertz CT molecular complexity index is 1340. The lowest BCUT2D eigenvalue weighted by atomic mass is 9.74. The van der Waals surface area contributed by atoms with Crippen molar-refractivity contribution in [2.45, 2.75) is 44.4 Å². The number of aromatic nitrogens is 1. The summed E-state index contributed by atoms with van der Waals surface area (Å²) in [5, 5.41) is 16.5. The molecule has 3 rings (SSSR count). The standard InChI is InChI=1S/C22H18BrF5N2O4/c1-10-14-8-12(4-5-13(14)18(31)34-30-10)29-19(32)21(33,22(26,27)28)9-20(2,3)15-6-11(24)7-16(25)17(15)23/h4-8,33H,9H2,1-3H3,(H,29,32). The monoisotopic (exact) mass is 548 g/mol. The third-order valence-electron chi connectivity index (χ3n) is 5.42. The molecule has 1 aromatic heterocycles. The second kappa shape index (κ2) is 8.73. The summed E-state index contributed by atoms with van der Waals surface area (Å²) in [7, 11) is 0. The predicted molar refractivity (Wildman–Crippen MR) is 116 cm³/mol. The van der Waals surface area contributed by atoms with E-state index in [-0.39, 0.29) is 32.2 Å². The van der Waals surface area contributed by atoms with Crippen LogP contribution in [0.1, 0.15) is 31.5 Å². The van der Waals surface area contributed by atoms with Crippen molar-refractivity contribution in [3.05, 3.63) is 68.1 Å². The second-order valence-corrected chi connectivity index (χ2v) is 9.23. The molecule has 1 unspecified atom stereocenters. The number of fused-ring (bicyclic) bond motifs is 1. The van der Waals surface area contributed by atoms with Crippen LogP contribution in [0.15, 0.2) is 44.1 Å². The molecule has 2 aromatic carbocycles. The second-order valence-electron chi connectivity index (χ2n) is 8.44. The minimum atomic E-state index is -5.44. The summed E-state index contributed by atoms with van der Waals surface area (Å²) in [5.74, 6) is -3.89. The highest BCUT2D eigenvalue weighted by atomic mass is 79.9. The van der Waals surface area contributed by atoms with Crippen LogP contribution in [0.4, 0.5) is 27.6 Å². The minimum Gasteiger partial charge on any atom is -0.373 e. The molecule has 0 bridgehead atoms. The lowest BCUT2D eigenvalue weighted by Crippen LogP contribution is -2.57. The van der Waals surface area contributed by atoms with E-state index in [4.69, 9.17) is 0 Å². The Morgan fingerprint density at radius 2 is 1.79 bits per heavy atom. The van der Waals surface area contributed by atoms with Gasteiger partial charge in [-0.1, -0.05) is 19.0 Å². The molecule has 1 amide bonds. The molecular formula is C22H18BrF5N2O4. The van der Waals surface area contributed by atoms with Gasteiger partial charge in [0.2, 0.25) is 5.60 Å². The van der Waals surface area contributed by atoms with Crippen molar-refractivity contribution in [1.82, 2.24) is 5.16 Å². The van der Waals surface area contributed by atoms with Gasteiger partial charge in [-0.15, -0.1) is 0 Å². The largest absolute Gasteiger partial charge is 0.426 e. The van der Waals surface area contributed by atoms with Crippen LogP contribution in [0, 0.1) is 18.6 Å². The number of carbonyl (C=O) groups is 1. The summed E-state index contributed by atoms with van der Waals surface area (Å²) in [6, 6.07) is 4.98. The molecule has 1 atom stereocenters. The molecule has 6 nitrogen and oxygen atoms in total. The van der Waals surface area contributed by atoms with Crippen LogP contribution in [0.3, 0.4) is 0 Å². The van der Waals surface area contributed by atoms with Gasteiger partial charge in [0.25, 0.3) is 5.91 Å². The van der Waals surface area contributed by atoms with Crippen LogP contribution in [-0.2, 0) is 10.2 Å². The molecule has 0 fully saturated rings. The zero-order chi connectivity index (χ0) is 25.6. The number of halogens is 6. The fourth-order valence-corrected chi connectivity index (χ4v) is 4.40. The molecule has 12 heteroatoms. The molecule has 34 heavy (non-hydrogen) atoms. The van der Waals surface area contributed by atoms with Crippen LogP contribution in [0.2, 0.25) is 0 Å². The van der Waals surface area contributed by atoms with Gasteiger partial charge in [-0.05, 0) is 58.1 Å². The Morgan fingerprint density at radius 3 is 2.41 bits per heavy atom. The molecule has 0 spiro atoms. The smallest absolute Gasteiger partial charge is 0.373 e. The highest BCUT2D eigenvalue weighted by Gasteiger charge is 2.61. The van der Waals surface area contributed by atoms with Crippen LogP contribution in [0.25, 0.3) is 10.8 Å². The fraction of sp³-hybridized carbons (Fsp3) is 0.318. The lowest BCUT2D eigenvalue weighted by molar-refractivity contribution is -0.254. The van der Waals surface area contributed by atoms with Crippen molar-refractivity contribution < 1.29 is 36.4 Å². The van der Waals surface area contributed by atoms with Crippen molar-refractivity contribution >= 4 is 38.3 Å². The summed E-state index contributed by atoms with van der Waals surface area (Å²) in [6.07, 6.45) is -6.70. The molecule has 0 aliphatic heterocycles. The first-order chi connectivity index (χ1) is 15.6. The van der Waals surface area contributed by atoms with E-state index in [1.165, 1.54) is 32.9 Å². The van der Waals surface area contributed by atoms with Gasteiger partial charge in [-0.25, -0.2) is 13.6 Å². The Balaban J connectivity index is 2.01. The quantitative estimate of drug-likeness (QED) is 0.340. The number of hydrogen-bond acceptors (Lipinski definition) is 5. The Labute approximate surface area is 197 Å². The Kier molecular flexibility index (Phi) is 6.61. The van der Waals surface area contributed by atoms with Gasteiger partial charge in [-0.3, -0.25) is 4.79 Å². The SMILES string of the molecule is Cc1noc(=O)c2ccc(NC(=O)C(O)(CC(C)(C)c3cc(F)cc(F)c3Br)C(F)(F)F)cc12. The molecule has 0 saturated carbocycles. The minimum absolute atomic E-state index is 0.0932. The summed E-state index contributed by atoms with van der Waals surface area (Å²) in [5.41, 5.74) is -6.54. The highest BCUT2D eigenvalue weighted by molar-refractivity contribution is 9.10. The number of nitrogens with zero attached hydrogens (tertiary/aromatic N) is 1. The predicted octanol–water partition coefficient (Wildman–Crippen LogP) is 5.14.